The van der Waals surface area contributed by atoms with Gasteiger partial charge in [0.1, 0.15) is 0 Å². The number of likely N-dealkylation sites (tertiary alicyclic amines) is 1. The first-order chi connectivity index (χ1) is 6.63. The summed E-state index contributed by atoms with van der Waals surface area (Å²) in [6, 6.07) is 0. The molecule has 0 aliphatic carbocycles. The largest absolute Gasteiger partial charge is 0.396 e. The maximum atomic E-state index is 10.9. The third kappa shape index (κ3) is 3.27. The zero-order chi connectivity index (χ0) is 10.6. The number of amides is 1. The van der Waals surface area contributed by atoms with E-state index in [0.717, 1.165) is 32.5 Å². The van der Waals surface area contributed by atoms with E-state index in [-0.39, 0.29) is 18.4 Å². The Morgan fingerprint density at radius 1 is 1.71 bits per heavy atom. The Hall–Kier alpha value is -0.610. The summed E-state index contributed by atoms with van der Waals surface area (Å²) in [5.41, 5.74) is 5.21. The van der Waals surface area contributed by atoms with E-state index in [9.17, 15) is 4.79 Å². The average Bonchev–Trinajstić information content (AvgIpc) is 2.18. The van der Waals surface area contributed by atoms with Gasteiger partial charge in [-0.2, -0.15) is 0 Å². The van der Waals surface area contributed by atoms with Crippen molar-refractivity contribution in [2.45, 2.75) is 19.8 Å². The fourth-order valence-corrected chi connectivity index (χ4v) is 1.94. The Bertz CT molecular complexity index is 197. The van der Waals surface area contributed by atoms with E-state index in [1.807, 2.05) is 6.92 Å². The Balaban J connectivity index is 2.33. The van der Waals surface area contributed by atoms with E-state index >= 15 is 0 Å². The van der Waals surface area contributed by atoms with Gasteiger partial charge in [0.05, 0.1) is 0 Å². The maximum Gasteiger partial charge on any atom is 0.221 e. The molecule has 0 aromatic carbocycles. The highest BCUT2D eigenvalue weighted by molar-refractivity contribution is 5.76. The Morgan fingerprint density at radius 3 is 3.00 bits per heavy atom. The van der Waals surface area contributed by atoms with Crippen LogP contribution in [0.5, 0.6) is 0 Å². The third-order valence-corrected chi connectivity index (χ3v) is 2.88. The molecule has 1 amide bonds. The molecule has 0 saturated carbocycles. The van der Waals surface area contributed by atoms with Crippen molar-refractivity contribution in [3.05, 3.63) is 0 Å². The molecule has 14 heavy (non-hydrogen) atoms. The number of nitrogens with zero attached hydrogens (tertiary/aromatic N) is 1. The van der Waals surface area contributed by atoms with Crippen LogP contribution in [0.4, 0.5) is 0 Å². The molecule has 1 saturated heterocycles. The summed E-state index contributed by atoms with van der Waals surface area (Å²) in [6.07, 6.45) is 2.20. The molecule has 4 nitrogen and oxygen atoms in total. The van der Waals surface area contributed by atoms with Crippen molar-refractivity contribution in [1.29, 1.82) is 0 Å². The summed E-state index contributed by atoms with van der Waals surface area (Å²) >= 11 is 0. The van der Waals surface area contributed by atoms with Crippen LogP contribution >= 0.6 is 0 Å². The van der Waals surface area contributed by atoms with Crippen molar-refractivity contribution in [2.24, 2.45) is 17.6 Å². The van der Waals surface area contributed by atoms with Gasteiger partial charge in [0, 0.05) is 25.6 Å². The number of rotatable bonds is 4. The predicted molar refractivity (Wildman–Crippen MR) is 54.6 cm³/mol. The number of piperidine rings is 1. The highest BCUT2D eigenvalue weighted by Gasteiger charge is 2.21. The minimum atomic E-state index is -0.240. The van der Waals surface area contributed by atoms with E-state index in [0.29, 0.717) is 5.92 Å². The van der Waals surface area contributed by atoms with Crippen LogP contribution in [0.1, 0.15) is 19.8 Å². The smallest absolute Gasteiger partial charge is 0.221 e. The van der Waals surface area contributed by atoms with Crippen LogP contribution < -0.4 is 5.73 Å². The maximum absolute atomic E-state index is 10.9. The number of nitrogens with two attached hydrogens (primary N) is 1. The number of aliphatic hydroxyl groups excluding tert-OH is 1. The predicted octanol–water partition coefficient (Wildman–Crippen LogP) is -0.188. The summed E-state index contributed by atoms with van der Waals surface area (Å²) in [6.45, 7) is 4.75. The third-order valence-electron chi connectivity index (χ3n) is 2.88. The molecule has 2 unspecified atom stereocenters. The second kappa shape index (κ2) is 5.32. The zero-order valence-corrected chi connectivity index (χ0v) is 8.78. The van der Waals surface area contributed by atoms with Gasteiger partial charge in [-0.1, -0.05) is 6.92 Å². The molecule has 1 heterocycles. The highest BCUT2D eigenvalue weighted by atomic mass is 16.3. The molecule has 0 bridgehead atoms. The molecule has 0 aromatic heterocycles. The lowest BCUT2D eigenvalue weighted by atomic mass is 9.98. The molecule has 2 atom stereocenters. The van der Waals surface area contributed by atoms with E-state index in [1.165, 1.54) is 0 Å². The molecule has 4 heteroatoms. The number of hydrogen-bond donors (Lipinski definition) is 2. The summed E-state index contributed by atoms with van der Waals surface area (Å²) in [7, 11) is 0. The van der Waals surface area contributed by atoms with Crippen molar-refractivity contribution in [2.75, 3.05) is 26.2 Å². The first-order valence-electron chi connectivity index (χ1n) is 5.26. The second-order valence-electron chi connectivity index (χ2n) is 4.25. The van der Waals surface area contributed by atoms with Crippen LogP contribution in [0.15, 0.2) is 0 Å². The van der Waals surface area contributed by atoms with Crippen LogP contribution in [0.25, 0.3) is 0 Å². The van der Waals surface area contributed by atoms with E-state index in [4.69, 9.17) is 10.8 Å². The fourth-order valence-electron chi connectivity index (χ4n) is 1.94. The van der Waals surface area contributed by atoms with Gasteiger partial charge in [-0.25, -0.2) is 0 Å². The van der Waals surface area contributed by atoms with Gasteiger partial charge in [0.15, 0.2) is 0 Å². The number of primary amides is 1. The van der Waals surface area contributed by atoms with E-state index < -0.39 is 0 Å². The van der Waals surface area contributed by atoms with Gasteiger partial charge in [-0.3, -0.25) is 4.79 Å². The topological polar surface area (TPSA) is 66.6 Å². The standard InChI is InChI=1S/C10H20N2O2/c1-8(10(11)14)5-12-4-2-3-9(6-12)7-13/h8-9,13H,2-7H2,1H3,(H2,11,14). The van der Waals surface area contributed by atoms with Crippen LogP contribution in [0.2, 0.25) is 0 Å². The lowest BCUT2D eigenvalue weighted by Gasteiger charge is -2.32. The molecule has 3 N–H and O–H groups in total. The molecule has 0 radical (unpaired) electrons. The molecule has 82 valence electrons. The van der Waals surface area contributed by atoms with Crippen molar-refractivity contribution < 1.29 is 9.90 Å². The van der Waals surface area contributed by atoms with Crippen molar-refractivity contribution in [3.8, 4) is 0 Å². The van der Waals surface area contributed by atoms with Crippen molar-refractivity contribution >= 4 is 5.91 Å². The van der Waals surface area contributed by atoms with Crippen LogP contribution in [-0.2, 0) is 4.79 Å². The summed E-state index contributed by atoms with van der Waals surface area (Å²) in [5.74, 6) is 0.0485. The monoisotopic (exact) mass is 200 g/mol. The van der Waals surface area contributed by atoms with Gasteiger partial charge in [-0.15, -0.1) is 0 Å². The number of aliphatic hydroxyl groups is 1. The van der Waals surface area contributed by atoms with Crippen LogP contribution in [-0.4, -0.2) is 42.2 Å². The van der Waals surface area contributed by atoms with Crippen LogP contribution in [0, 0.1) is 11.8 Å². The minimum absolute atomic E-state index is 0.0903. The molecule has 1 fully saturated rings. The number of carbonyl (C=O) groups excluding carboxylic acids is 1. The normalized spacial score (nSPS) is 26.0. The lowest BCUT2D eigenvalue weighted by molar-refractivity contribution is -0.122. The molecule has 0 aromatic rings. The van der Waals surface area contributed by atoms with Crippen molar-refractivity contribution in [1.82, 2.24) is 4.90 Å². The Labute approximate surface area is 85.1 Å². The molecule has 0 spiro atoms. The average molecular weight is 200 g/mol. The molecular formula is C10H20N2O2. The van der Waals surface area contributed by atoms with E-state index in [1.54, 1.807) is 0 Å². The van der Waals surface area contributed by atoms with Gasteiger partial charge >= 0.3 is 0 Å². The molecule has 1 rings (SSSR count). The Kier molecular flexibility index (Phi) is 4.35. The van der Waals surface area contributed by atoms with E-state index in [2.05, 4.69) is 4.90 Å². The SMILES string of the molecule is CC(CN1CCCC(CO)C1)C(N)=O. The first kappa shape index (κ1) is 11.5. The zero-order valence-electron chi connectivity index (χ0n) is 8.78. The molecule has 1 aliphatic rings. The summed E-state index contributed by atoms with van der Waals surface area (Å²) in [4.78, 5) is 13.1. The molecule has 1 aliphatic heterocycles. The van der Waals surface area contributed by atoms with Crippen molar-refractivity contribution in [3.63, 3.8) is 0 Å². The second-order valence-corrected chi connectivity index (χ2v) is 4.25. The van der Waals surface area contributed by atoms with Gasteiger partial charge in [0.25, 0.3) is 0 Å². The van der Waals surface area contributed by atoms with Crippen LogP contribution in [0.3, 0.4) is 0 Å². The minimum Gasteiger partial charge on any atom is -0.396 e. The van der Waals surface area contributed by atoms with Gasteiger partial charge < -0.3 is 15.7 Å². The summed E-state index contributed by atoms with van der Waals surface area (Å²) < 4.78 is 0. The molecular weight excluding hydrogens is 180 g/mol. The van der Waals surface area contributed by atoms with Gasteiger partial charge in [0.2, 0.25) is 5.91 Å². The fraction of sp³-hybridized carbons (Fsp3) is 0.900. The number of carbonyl (C=O) groups is 1. The Morgan fingerprint density at radius 2 is 2.43 bits per heavy atom. The lowest BCUT2D eigenvalue weighted by Crippen LogP contribution is -2.41. The van der Waals surface area contributed by atoms with Gasteiger partial charge in [-0.05, 0) is 25.3 Å². The highest BCUT2D eigenvalue weighted by Crippen LogP contribution is 2.16. The quantitative estimate of drug-likeness (QED) is 0.661. The first-order valence-corrected chi connectivity index (χ1v) is 5.26. The number of hydrogen-bond acceptors (Lipinski definition) is 3. The summed E-state index contributed by atoms with van der Waals surface area (Å²) in [5, 5.41) is 9.03.